The number of nitrogens with zero attached hydrogens (tertiary/aromatic N) is 2. The molecule has 2 heterocycles. The SMILES string of the molecule is O=C(CC1OC(=O)c2ccccc21)Nc1ccnn1-c1ccccc1. The topological polar surface area (TPSA) is 73.2 Å². The number of anilines is 1. The summed E-state index contributed by atoms with van der Waals surface area (Å²) in [7, 11) is 0. The van der Waals surface area contributed by atoms with Crippen LogP contribution in [0.15, 0.2) is 66.9 Å². The number of amides is 1. The van der Waals surface area contributed by atoms with E-state index in [1.165, 1.54) is 0 Å². The molecular formula is C19H15N3O3. The van der Waals surface area contributed by atoms with Gasteiger partial charge in [0.05, 0.1) is 23.9 Å². The first-order valence-corrected chi connectivity index (χ1v) is 7.91. The molecular weight excluding hydrogens is 318 g/mol. The highest BCUT2D eigenvalue weighted by Crippen LogP contribution is 2.33. The molecule has 0 radical (unpaired) electrons. The maximum absolute atomic E-state index is 12.4. The summed E-state index contributed by atoms with van der Waals surface area (Å²) in [6.45, 7) is 0. The third kappa shape index (κ3) is 2.89. The summed E-state index contributed by atoms with van der Waals surface area (Å²) in [4.78, 5) is 24.3. The molecule has 0 bridgehead atoms. The molecule has 1 amide bonds. The van der Waals surface area contributed by atoms with E-state index in [1.807, 2.05) is 42.5 Å². The second-order valence-corrected chi connectivity index (χ2v) is 5.70. The van der Waals surface area contributed by atoms with Gasteiger partial charge in [0, 0.05) is 11.6 Å². The minimum absolute atomic E-state index is 0.0583. The number of aromatic nitrogens is 2. The smallest absolute Gasteiger partial charge is 0.339 e. The largest absolute Gasteiger partial charge is 0.453 e. The normalized spacial score (nSPS) is 15.5. The Morgan fingerprint density at radius 3 is 2.68 bits per heavy atom. The number of rotatable bonds is 4. The van der Waals surface area contributed by atoms with Gasteiger partial charge in [-0.3, -0.25) is 4.79 Å². The summed E-state index contributed by atoms with van der Waals surface area (Å²) in [5.41, 5.74) is 2.12. The van der Waals surface area contributed by atoms with Crippen molar-refractivity contribution in [3.05, 3.63) is 78.0 Å². The number of carbonyl (C=O) groups excluding carboxylic acids is 2. The maximum atomic E-state index is 12.4. The standard InChI is InChI=1S/C19H15N3O3/c23-18(12-16-14-8-4-5-9-15(14)19(24)25-16)21-17-10-11-20-22(17)13-6-2-1-3-7-13/h1-11,16H,12H2,(H,21,23). The van der Waals surface area contributed by atoms with Crippen LogP contribution in [0.2, 0.25) is 0 Å². The number of hydrogen-bond acceptors (Lipinski definition) is 4. The Hall–Kier alpha value is -3.41. The van der Waals surface area contributed by atoms with Gasteiger partial charge in [-0.05, 0) is 18.2 Å². The van der Waals surface area contributed by atoms with Crippen LogP contribution in [0, 0.1) is 0 Å². The molecule has 0 saturated heterocycles. The van der Waals surface area contributed by atoms with Crippen molar-refractivity contribution < 1.29 is 14.3 Å². The van der Waals surface area contributed by atoms with Gasteiger partial charge in [-0.1, -0.05) is 36.4 Å². The number of ether oxygens (including phenoxy) is 1. The summed E-state index contributed by atoms with van der Waals surface area (Å²) in [6.07, 6.45) is 1.12. The van der Waals surface area contributed by atoms with Gasteiger partial charge in [0.1, 0.15) is 11.9 Å². The zero-order chi connectivity index (χ0) is 17.2. The average molecular weight is 333 g/mol. The molecule has 25 heavy (non-hydrogen) atoms. The average Bonchev–Trinajstić information content (AvgIpc) is 3.21. The van der Waals surface area contributed by atoms with Gasteiger partial charge in [-0.15, -0.1) is 0 Å². The molecule has 1 N–H and O–H groups in total. The van der Waals surface area contributed by atoms with E-state index in [1.54, 1.807) is 29.1 Å². The van der Waals surface area contributed by atoms with Crippen molar-refractivity contribution >= 4 is 17.7 Å². The molecule has 1 atom stereocenters. The lowest BCUT2D eigenvalue weighted by molar-refractivity contribution is -0.118. The van der Waals surface area contributed by atoms with Crippen molar-refractivity contribution in [3.63, 3.8) is 0 Å². The Morgan fingerprint density at radius 2 is 1.84 bits per heavy atom. The zero-order valence-corrected chi connectivity index (χ0v) is 13.3. The molecule has 1 aromatic heterocycles. The molecule has 1 aliphatic rings. The molecule has 4 rings (SSSR count). The molecule has 0 fully saturated rings. The van der Waals surface area contributed by atoms with E-state index in [4.69, 9.17) is 4.74 Å². The van der Waals surface area contributed by atoms with Crippen molar-refractivity contribution in [2.45, 2.75) is 12.5 Å². The number of nitrogens with one attached hydrogen (secondary N) is 1. The predicted octanol–water partition coefficient (Wildman–Crippen LogP) is 3.11. The van der Waals surface area contributed by atoms with Crippen molar-refractivity contribution in [3.8, 4) is 5.69 Å². The number of fused-ring (bicyclic) bond motifs is 1. The highest BCUT2D eigenvalue weighted by atomic mass is 16.5. The third-order valence-electron chi connectivity index (χ3n) is 4.06. The first-order chi connectivity index (χ1) is 12.2. The second-order valence-electron chi connectivity index (χ2n) is 5.70. The summed E-state index contributed by atoms with van der Waals surface area (Å²) < 4.78 is 6.96. The van der Waals surface area contributed by atoms with Crippen molar-refractivity contribution in [2.75, 3.05) is 5.32 Å². The monoisotopic (exact) mass is 333 g/mol. The number of hydrogen-bond donors (Lipinski definition) is 1. The maximum Gasteiger partial charge on any atom is 0.339 e. The number of cyclic esters (lactones) is 1. The van der Waals surface area contributed by atoms with Crippen molar-refractivity contribution in [1.82, 2.24) is 9.78 Å². The van der Waals surface area contributed by atoms with Crippen molar-refractivity contribution in [1.29, 1.82) is 0 Å². The molecule has 1 unspecified atom stereocenters. The Bertz CT molecular complexity index is 934. The molecule has 2 aromatic carbocycles. The Balaban J connectivity index is 1.50. The molecule has 6 nitrogen and oxygen atoms in total. The van der Waals surface area contributed by atoms with Gasteiger partial charge >= 0.3 is 5.97 Å². The van der Waals surface area contributed by atoms with E-state index in [9.17, 15) is 9.59 Å². The third-order valence-corrected chi connectivity index (χ3v) is 4.06. The van der Waals surface area contributed by atoms with Crippen LogP contribution in [0.1, 0.15) is 28.4 Å². The van der Waals surface area contributed by atoms with Gasteiger partial charge in [0.15, 0.2) is 0 Å². The minimum Gasteiger partial charge on any atom is -0.453 e. The van der Waals surface area contributed by atoms with Gasteiger partial charge in [0.25, 0.3) is 0 Å². The molecule has 124 valence electrons. The predicted molar refractivity (Wildman–Crippen MR) is 91.4 cm³/mol. The number of carbonyl (C=O) groups is 2. The van der Waals surface area contributed by atoms with E-state index >= 15 is 0 Å². The lowest BCUT2D eigenvalue weighted by atomic mass is 10.0. The lowest BCUT2D eigenvalue weighted by Crippen LogP contribution is -2.18. The molecule has 3 aromatic rings. The molecule has 0 spiro atoms. The first kappa shape index (κ1) is 15.1. The molecule has 0 aliphatic carbocycles. The molecule has 0 saturated carbocycles. The van der Waals surface area contributed by atoms with E-state index in [-0.39, 0.29) is 18.3 Å². The summed E-state index contributed by atoms with van der Waals surface area (Å²) in [5.74, 6) is -0.0660. The van der Waals surface area contributed by atoms with Gasteiger partial charge in [0.2, 0.25) is 5.91 Å². The van der Waals surface area contributed by atoms with E-state index in [2.05, 4.69) is 10.4 Å². The minimum atomic E-state index is -0.559. The second kappa shape index (κ2) is 6.24. The quantitative estimate of drug-likeness (QED) is 0.745. The van der Waals surface area contributed by atoms with E-state index in [0.717, 1.165) is 11.3 Å². The summed E-state index contributed by atoms with van der Waals surface area (Å²) in [5, 5.41) is 7.07. The summed E-state index contributed by atoms with van der Waals surface area (Å²) in [6, 6.07) is 18.4. The fraction of sp³-hybridized carbons (Fsp3) is 0.105. The lowest BCUT2D eigenvalue weighted by Gasteiger charge is -2.12. The number of para-hydroxylation sites is 1. The van der Waals surface area contributed by atoms with Crippen LogP contribution >= 0.6 is 0 Å². The van der Waals surface area contributed by atoms with Crippen LogP contribution in [0.5, 0.6) is 0 Å². The Kier molecular flexibility index (Phi) is 3.78. The number of esters is 1. The Morgan fingerprint density at radius 1 is 1.08 bits per heavy atom. The fourth-order valence-corrected chi connectivity index (χ4v) is 2.91. The van der Waals surface area contributed by atoms with Gasteiger partial charge < -0.3 is 10.1 Å². The highest BCUT2D eigenvalue weighted by molar-refractivity contribution is 5.96. The van der Waals surface area contributed by atoms with E-state index < -0.39 is 6.10 Å². The first-order valence-electron chi connectivity index (χ1n) is 7.91. The van der Waals surface area contributed by atoms with Crippen LogP contribution in [0.25, 0.3) is 5.69 Å². The zero-order valence-electron chi connectivity index (χ0n) is 13.3. The van der Waals surface area contributed by atoms with Crippen LogP contribution in [-0.4, -0.2) is 21.7 Å². The highest BCUT2D eigenvalue weighted by Gasteiger charge is 2.32. The van der Waals surface area contributed by atoms with E-state index in [0.29, 0.717) is 11.4 Å². The Labute approximate surface area is 144 Å². The van der Waals surface area contributed by atoms with Crippen LogP contribution in [0.4, 0.5) is 5.82 Å². The van der Waals surface area contributed by atoms with Crippen molar-refractivity contribution in [2.24, 2.45) is 0 Å². The molecule has 1 aliphatic heterocycles. The number of benzene rings is 2. The van der Waals surface area contributed by atoms with Crippen LogP contribution in [-0.2, 0) is 9.53 Å². The summed E-state index contributed by atoms with van der Waals surface area (Å²) >= 11 is 0. The van der Waals surface area contributed by atoms with Gasteiger partial charge in [-0.25, -0.2) is 9.48 Å². The van der Waals surface area contributed by atoms with Gasteiger partial charge in [-0.2, -0.15) is 5.10 Å². The van der Waals surface area contributed by atoms with Crippen LogP contribution < -0.4 is 5.32 Å². The van der Waals surface area contributed by atoms with Crippen LogP contribution in [0.3, 0.4) is 0 Å². The fourth-order valence-electron chi connectivity index (χ4n) is 2.91. The molecule has 6 heteroatoms.